The van der Waals surface area contributed by atoms with Crippen LogP contribution in [0.1, 0.15) is 11.3 Å². The number of nitriles is 1. The van der Waals surface area contributed by atoms with E-state index in [9.17, 15) is 4.79 Å². The first-order valence-corrected chi connectivity index (χ1v) is 6.52. The predicted octanol–water partition coefficient (Wildman–Crippen LogP) is 2.03. The van der Waals surface area contributed by atoms with Crippen LogP contribution in [0.5, 0.6) is 0 Å². The van der Waals surface area contributed by atoms with Gasteiger partial charge in [0.25, 0.3) is 5.56 Å². The highest BCUT2D eigenvalue weighted by Crippen LogP contribution is 2.22. The van der Waals surface area contributed by atoms with Crippen LogP contribution in [0.4, 0.5) is 0 Å². The topological polar surface area (TPSA) is 86.8 Å². The van der Waals surface area contributed by atoms with Gasteiger partial charge in [-0.25, -0.2) is 9.97 Å². The van der Waals surface area contributed by atoms with E-state index < -0.39 is 0 Å². The molecule has 0 unspecified atom stereocenters. The maximum atomic E-state index is 11.6. The molecule has 0 saturated heterocycles. The number of hydrogen-bond donors (Lipinski definition) is 1. The molecule has 0 aliphatic heterocycles. The first-order valence-electron chi connectivity index (χ1n) is 5.73. The molecular formula is C13H8BrN5O. The van der Waals surface area contributed by atoms with Crippen LogP contribution >= 0.6 is 15.9 Å². The summed E-state index contributed by atoms with van der Waals surface area (Å²) in [6.07, 6.45) is 5.17. The van der Waals surface area contributed by atoms with Crippen molar-refractivity contribution in [3.63, 3.8) is 0 Å². The largest absolute Gasteiger partial charge is 0.325 e. The lowest BCUT2D eigenvalue weighted by atomic mass is 10.1. The molecule has 0 aliphatic rings. The van der Waals surface area contributed by atoms with Crippen LogP contribution in [0.3, 0.4) is 0 Å². The number of nitrogens with one attached hydrogen (secondary N) is 1. The highest BCUT2D eigenvalue weighted by molar-refractivity contribution is 9.10. The summed E-state index contributed by atoms with van der Waals surface area (Å²) in [4.78, 5) is 22.6. The number of nitrogens with zero attached hydrogens (tertiary/aromatic N) is 4. The Balaban J connectivity index is 2.27. The smallest absolute Gasteiger partial charge is 0.266 e. The zero-order valence-corrected chi connectivity index (χ0v) is 12.0. The molecule has 0 radical (unpaired) electrons. The van der Waals surface area contributed by atoms with E-state index in [2.05, 4.69) is 30.9 Å². The number of aryl methyl sites for hydroxylation is 1. The Morgan fingerprint density at radius 2 is 2.15 bits per heavy atom. The van der Waals surface area contributed by atoms with Gasteiger partial charge in [-0.15, -0.1) is 0 Å². The van der Waals surface area contributed by atoms with Crippen molar-refractivity contribution in [1.82, 2.24) is 19.4 Å². The van der Waals surface area contributed by atoms with Crippen molar-refractivity contribution >= 4 is 21.7 Å². The fourth-order valence-electron chi connectivity index (χ4n) is 1.99. The second-order valence-electron chi connectivity index (χ2n) is 4.26. The lowest BCUT2D eigenvalue weighted by molar-refractivity contribution is 1.08. The Morgan fingerprint density at radius 1 is 1.40 bits per heavy atom. The number of hydrogen-bond acceptors (Lipinski definition) is 4. The molecule has 0 amide bonds. The van der Waals surface area contributed by atoms with Crippen LogP contribution in [0, 0.1) is 18.3 Å². The maximum Gasteiger partial charge on any atom is 0.266 e. The van der Waals surface area contributed by atoms with E-state index in [4.69, 9.17) is 5.26 Å². The number of H-pyrrole nitrogens is 1. The molecule has 0 spiro atoms. The lowest BCUT2D eigenvalue weighted by Crippen LogP contribution is -2.12. The van der Waals surface area contributed by atoms with Gasteiger partial charge in [-0.05, 0) is 28.9 Å². The molecule has 3 aromatic heterocycles. The van der Waals surface area contributed by atoms with Gasteiger partial charge in [0.1, 0.15) is 16.2 Å². The van der Waals surface area contributed by atoms with E-state index in [1.807, 2.05) is 12.3 Å². The SMILES string of the molecule is Cc1[nH]c(=O)c(C#N)cc1-c1cnc2ncc(Br)n2c1. The van der Waals surface area contributed by atoms with Gasteiger partial charge in [-0.1, -0.05) is 0 Å². The van der Waals surface area contributed by atoms with E-state index in [-0.39, 0.29) is 11.1 Å². The van der Waals surface area contributed by atoms with E-state index in [0.717, 1.165) is 15.7 Å². The number of pyridine rings is 1. The summed E-state index contributed by atoms with van der Waals surface area (Å²) in [5, 5.41) is 8.96. The zero-order chi connectivity index (χ0) is 14.3. The summed E-state index contributed by atoms with van der Waals surface area (Å²) in [7, 11) is 0. The van der Waals surface area contributed by atoms with Gasteiger partial charge < -0.3 is 4.98 Å². The molecule has 0 aromatic carbocycles. The molecule has 3 aromatic rings. The van der Waals surface area contributed by atoms with Crippen LogP contribution in [0.15, 0.2) is 34.1 Å². The third-order valence-electron chi connectivity index (χ3n) is 2.99. The summed E-state index contributed by atoms with van der Waals surface area (Å²) in [5.74, 6) is 0.572. The molecule has 7 heteroatoms. The molecule has 98 valence electrons. The Labute approximate surface area is 121 Å². The van der Waals surface area contributed by atoms with Crippen molar-refractivity contribution < 1.29 is 0 Å². The van der Waals surface area contributed by atoms with Crippen LogP contribution in [-0.4, -0.2) is 19.4 Å². The Bertz CT molecular complexity index is 919. The minimum absolute atomic E-state index is 0.0791. The first kappa shape index (κ1) is 12.6. The molecule has 0 fully saturated rings. The third kappa shape index (κ3) is 1.90. The Morgan fingerprint density at radius 3 is 2.90 bits per heavy atom. The molecule has 3 heterocycles. The predicted molar refractivity (Wildman–Crippen MR) is 76.2 cm³/mol. The molecule has 6 nitrogen and oxygen atoms in total. The van der Waals surface area contributed by atoms with E-state index >= 15 is 0 Å². The van der Waals surface area contributed by atoms with Crippen molar-refractivity contribution in [2.75, 3.05) is 0 Å². The van der Waals surface area contributed by atoms with Gasteiger partial charge in [0.2, 0.25) is 5.78 Å². The van der Waals surface area contributed by atoms with E-state index in [1.54, 1.807) is 29.8 Å². The summed E-state index contributed by atoms with van der Waals surface area (Å²) < 4.78 is 2.57. The normalized spacial score (nSPS) is 10.7. The number of halogens is 1. The van der Waals surface area contributed by atoms with Gasteiger partial charge in [-0.3, -0.25) is 9.20 Å². The summed E-state index contributed by atoms with van der Waals surface area (Å²) >= 11 is 3.38. The minimum Gasteiger partial charge on any atom is -0.325 e. The number of aromatic nitrogens is 4. The van der Waals surface area contributed by atoms with Crippen LogP contribution in [0.25, 0.3) is 16.9 Å². The van der Waals surface area contributed by atoms with E-state index in [0.29, 0.717) is 11.5 Å². The minimum atomic E-state index is -0.383. The Kier molecular flexibility index (Phi) is 2.88. The number of rotatable bonds is 1. The van der Waals surface area contributed by atoms with Crippen molar-refractivity contribution in [3.05, 3.63) is 50.9 Å². The number of imidazole rings is 1. The molecule has 0 bridgehead atoms. The van der Waals surface area contributed by atoms with Crippen molar-refractivity contribution in [3.8, 4) is 17.2 Å². The van der Waals surface area contributed by atoms with Gasteiger partial charge in [0.05, 0.1) is 6.20 Å². The molecule has 1 N–H and O–H groups in total. The number of fused-ring (bicyclic) bond motifs is 1. The van der Waals surface area contributed by atoms with Crippen molar-refractivity contribution in [2.24, 2.45) is 0 Å². The monoisotopic (exact) mass is 329 g/mol. The van der Waals surface area contributed by atoms with Crippen molar-refractivity contribution in [2.45, 2.75) is 6.92 Å². The zero-order valence-electron chi connectivity index (χ0n) is 10.4. The van der Waals surface area contributed by atoms with Crippen LogP contribution in [-0.2, 0) is 0 Å². The summed E-state index contributed by atoms with van der Waals surface area (Å²) in [5.41, 5.74) is 1.94. The quantitative estimate of drug-likeness (QED) is 0.739. The molecule has 0 saturated carbocycles. The highest BCUT2D eigenvalue weighted by Gasteiger charge is 2.10. The second kappa shape index (κ2) is 4.58. The third-order valence-corrected chi connectivity index (χ3v) is 3.58. The van der Waals surface area contributed by atoms with Gasteiger partial charge in [0, 0.05) is 29.2 Å². The van der Waals surface area contributed by atoms with Crippen molar-refractivity contribution in [1.29, 1.82) is 5.26 Å². The molecule has 20 heavy (non-hydrogen) atoms. The summed E-state index contributed by atoms with van der Waals surface area (Å²) in [6.45, 7) is 1.78. The first-order chi connectivity index (χ1) is 9.60. The Hall–Kier alpha value is -2.46. The lowest BCUT2D eigenvalue weighted by Gasteiger charge is -2.06. The van der Waals surface area contributed by atoms with Crippen LogP contribution in [0.2, 0.25) is 0 Å². The molecular weight excluding hydrogens is 322 g/mol. The fourth-order valence-corrected chi connectivity index (χ4v) is 2.35. The van der Waals surface area contributed by atoms with Gasteiger partial charge in [0.15, 0.2) is 0 Å². The standard InChI is InChI=1S/C13H8BrN5O/c1-7-10(2-8(3-15)12(20)18-7)9-4-16-13-17-5-11(14)19(13)6-9/h2,4-6H,1H3,(H,18,20). The average Bonchev–Trinajstić information content (AvgIpc) is 2.80. The average molecular weight is 330 g/mol. The summed E-state index contributed by atoms with van der Waals surface area (Å²) in [6, 6.07) is 3.45. The number of aromatic amines is 1. The molecule has 3 rings (SSSR count). The maximum absolute atomic E-state index is 11.6. The molecule has 0 aliphatic carbocycles. The highest BCUT2D eigenvalue weighted by atomic mass is 79.9. The van der Waals surface area contributed by atoms with Gasteiger partial charge >= 0.3 is 0 Å². The fraction of sp³-hybridized carbons (Fsp3) is 0.0769. The second-order valence-corrected chi connectivity index (χ2v) is 5.07. The molecule has 0 atom stereocenters. The van der Waals surface area contributed by atoms with Gasteiger partial charge in [-0.2, -0.15) is 5.26 Å². The van der Waals surface area contributed by atoms with Crippen LogP contribution < -0.4 is 5.56 Å². The van der Waals surface area contributed by atoms with E-state index in [1.165, 1.54) is 0 Å².